The van der Waals surface area contributed by atoms with Crippen molar-refractivity contribution in [1.82, 2.24) is 10.1 Å². The van der Waals surface area contributed by atoms with Gasteiger partial charge < -0.3 is 14.6 Å². The summed E-state index contributed by atoms with van der Waals surface area (Å²) in [5.74, 6) is -1.52. The summed E-state index contributed by atoms with van der Waals surface area (Å²) in [6, 6.07) is 6.77. The molecule has 9 heteroatoms. The molecule has 0 unspecified atom stereocenters. The molecule has 1 N–H and O–H groups in total. The molecule has 2 aromatic rings. The highest BCUT2D eigenvalue weighted by Gasteiger charge is 2.38. The number of carbonyl (C=O) groups excluding carboxylic acids is 1. The van der Waals surface area contributed by atoms with Crippen LogP contribution >= 0.6 is 0 Å². The summed E-state index contributed by atoms with van der Waals surface area (Å²) in [4.78, 5) is 15.0. The van der Waals surface area contributed by atoms with E-state index in [1.54, 1.807) is 24.3 Å². The zero-order valence-corrected chi connectivity index (χ0v) is 11.5. The maximum atomic E-state index is 12.3. The monoisotopic (exact) mass is 315 g/mol. The molecule has 1 aromatic carbocycles. The molecule has 0 aliphatic heterocycles. The maximum absolute atomic E-state index is 12.3. The normalized spacial score (nSPS) is 11.3. The first kappa shape index (κ1) is 15.8. The Labute approximate surface area is 123 Å². The molecule has 0 aliphatic rings. The molecule has 0 radical (unpaired) electrons. The molecule has 0 fully saturated rings. The zero-order valence-electron chi connectivity index (χ0n) is 11.5. The maximum Gasteiger partial charge on any atom is 0.471 e. The number of rotatable bonds is 5. The number of nitrogens with one attached hydrogen (secondary N) is 1. The molecule has 118 valence electrons. The van der Waals surface area contributed by atoms with Gasteiger partial charge in [0.05, 0.1) is 12.8 Å². The van der Waals surface area contributed by atoms with Crippen molar-refractivity contribution >= 4 is 11.6 Å². The zero-order chi connectivity index (χ0) is 16.2. The SMILES string of the molecule is COc1ccccc1NC(=O)CCc1noc(C(F)(F)F)n1. The molecule has 1 amide bonds. The van der Waals surface area contributed by atoms with Gasteiger partial charge in [-0.1, -0.05) is 17.3 Å². The lowest BCUT2D eigenvalue weighted by atomic mass is 10.2. The average molecular weight is 315 g/mol. The van der Waals surface area contributed by atoms with E-state index in [2.05, 4.69) is 20.0 Å². The molecule has 1 aromatic heterocycles. The minimum absolute atomic E-state index is 0.0689. The predicted molar refractivity (Wildman–Crippen MR) is 69.2 cm³/mol. The summed E-state index contributed by atoms with van der Waals surface area (Å²) < 4.78 is 46.0. The molecule has 0 bridgehead atoms. The van der Waals surface area contributed by atoms with Crippen LogP contribution in [0.25, 0.3) is 0 Å². The topological polar surface area (TPSA) is 77.2 Å². The van der Waals surface area contributed by atoms with Gasteiger partial charge in [-0.2, -0.15) is 18.2 Å². The third-order valence-electron chi connectivity index (χ3n) is 2.67. The molecular weight excluding hydrogens is 303 g/mol. The van der Waals surface area contributed by atoms with E-state index in [0.717, 1.165) is 0 Å². The van der Waals surface area contributed by atoms with Crippen LogP contribution < -0.4 is 10.1 Å². The van der Waals surface area contributed by atoms with Crippen LogP contribution in [0.4, 0.5) is 18.9 Å². The smallest absolute Gasteiger partial charge is 0.471 e. The molecule has 0 aliphatic carbocycles. The molecule has 0 saturated heterocycles. The number of anilines is 1. The number of ether oxygens (including phenoxy) is 1. The number of carbonyl (C=O) groups is 1. The number of aromatic nitrogens is 2. The van der Waals surface area contributed by atoms with Gasteiger partial charge in [0.2, 0.25) is 5.91 Å². The molecule has 6 nitrogen and oxygen atoms in total. The third kappa shape index (κ3) is 3.96. The van der Waals surface area contributed by atoms with Gasteiger partial charge in [0, 0.05) is 12.8 Å². The van der Waals surface area contributed by atoms with Gasteiger partial charge in [-0.05, 0) is 12.1 Å². The number of para-hydroxylation sites is 2. The summed E-state index contributed by atoms with van der Waals surface area (Å²) in [5.41, 5.74) is 0.471. The first-order chi connectivity index (χ1) is 10.4. The predicted octanol–water partition coefficient (Wildman–Crippen LogP) is 2.67. The van der Waals surface area contributed by atoms with E-state index in [9.17, 15) is 18.0 Å². The van der Waals surface area contributed by atoms with Crippen LogP contribution in [0.3, 0.4) is 0 Å². The lowest BCUT2D eigenvalue weighted by molar-refractivity contribution is -0.159. The van der Waals surface area contributed by atoms with Crippen molar-refractivity contribution in [2.24, 2.45) is 0 Å². The minimum atomic E-state index is -4.69. The van der Waals surface area contributed by atoms with Crippen molar-refractivity contribution in [3.63, 3.8) is 0 Å². The number of aryl methyl sites for hydroxylation is 1. The van der Waals surface area contributed by atoms with Gasteiger partial charge in [0.1, 0.15) is 5.75 Å². The van der Waals surface area contributed by atoms with E-state index in [1.165, 1.54) is 7.11 Å². The van der Waals surface area contributed by atoms with Crippen LogP contribution in [0.15, 0.2) is 28.8 Å². The Bertz CT molecular complexity index is 655. The Balaban J connectivity index is 1.92. The Kier molecular flexibility index (Phi) is 4.64. The molecule has 2 rings (SSSR count). The highest BCUT2D eigenvalue weighted by molar-refractivity contribution is 5.92. The summed E-state index contributed by atoms with van der Waals surface area (Å²) in [6.45, 7) is 0. The molecule has 0 atom stereocenters. The third-order valence-corrected chi connectivity index (χ3v) is 2.67. The van der Waals surface area contributed by atoms with Gasteiger partial charge in [0.25, 0.3) is 0 Å². The van der Waals surface area contributed by atoms with E-state index in [1.807, 2.05) is 0 Å². The molecule has 1 heterocycles. The fourth-order valence-corrected chi connectivity index (χ4v) is 1.66. The number of amides is 1. The minimum Gasteiger partial charge on any atom is -0.495 e. The first-order valence-corrected chi connectivity index (χ1v) is 6.23. The molecule has 0 saturated carbocycles. The highest BCUT2D eigenvalue weighted by Crippen LogP contribution is 2.27. The summed E-state index contributed by atoms with van der Waals surface area (Å²) in [6.07, 6.45) is -4.85. The fraction of sp³-hybridized carbons (Fsp3) is 0.308. The summed E-state index contributed by atoms with van der Waals surface area (Å²) in [7, 11) is 1.46. The van der Waals surface area contributed by atoms with Crippen LogP contribution in [0.1, 0.15) is 18.1 Å². The van der Waals surface area contributed by atoms with Crippen molar-refractivity contribution in [3.8, 4) is 5.75 Å². The number of nitrogens with zero attached hydrogens (tertiary/aromatic N) is 2. The Morgan fingerprint density at radius 1 is 1.36 bits per heavy atom. The fourth-order valence-electron chi connectivity index (χ4n) is 1.66. The Morgan fingerprint density at radius 2 is 2.09 bits per heavy atom. The molecule has 0 spiro atoms. The number of halogens is 3. The van der Waals surface area contributed by atoms with Crippen molar-refractivity contribution in [3.05, 3.63) is 36.0 Å². The average Bonchev–Trinajstić information content (AvgIpc) is 2.95. The highest BCUT2D eigenvalue weighted by atomic mass is 19.4. The van der Waals surface area contributed by atoms with E-state index in [-0.39, 0.29) is 18.7 Å². The van der Waals surface area contributed by atoms with Gasteiger partial charge in [-0.15, -0.1) is 0 Å². The van der Waals surface area contributed by atoms with E-state index < -0.39 is 18.0 Å². The molecule has 22 heavy (non-hydrogen) atoms. The Hall–Kier alpha value is -2.58. The van der Waals surface area contributed by atoms with Gasteiger partial charge in [-0.25, -0.2) is 0 Å². The van der Waals surface area contributed by atoms with Gasteiger partial charge in [-0.3, -0.25) is 4.79 Å². The second kappa shape index (κ2) is 6.46. The van der Waals surface area contributed by atoms with E-state index >= 15 is 0 Å². The largest absolute Gasteiger partial charge is 0.495 e. The quantitative estimate of drug-likeness (QED) is 0.918. The van der Waals surface area contributed by atoms with Gasteiger partial charge in [0.15, 0.2) is 5.82 Å². The Morgan fingerprint density at radius 3 is 2.73 bits per heavy atom. The van der Waals surface area contributed by atoms with Gasteiger partial charge >= 0.3 is 12.1 Å². The first-order valence-electron chi connectivity index (χ1n) is 6.23. The number of hydrogen-bond donors (Lipinski definition) is 1. The van der Waals surface area contributed by atoms with Crippen molar-refractivity contribution in [1.29, 1.82) is 0 Å². The number of alkyl halides is 3. The van der Waals surface area contributed by atoms with Crippen LogP contribution in [-0.2, 0) is 17.4 Å². The second-order valence-electron chi connectivity index (χ2n) is 4.26. The van der Waals surface area contributed by atoms with Crippen LogP contribution in [-0.4, -0.2) is 23.2 Å². The number of hydrogen-bond acceptors (Lipinski definition) is 5. The van der Waals surface area contributed by atoms with E-state index in [0.29, 0.717) is 11.4 Å². The summed E-state index contributed by atoms with van der Waals surface area (Å²) >= 11 is 0. The lowest BCUT2D eigenvalue weighted by Gasteiger charge is -2.09. The van der Waals surface area contributed by atoms with Crippen molar-refractivity contribution in [2.45, 2.75) is 19.0 Å². The molecular formula is C13H12F3N3O3. The van der Waals surface area contributed by atoms with E-state index in [4.69, 9.17) is 4.74 Å². The van der Waals surface area contributed by atoms with Crippen LogP contribution in [0, 0.1) is 0 Å². The van der Waals surface area contributed by atoms with Crippen LogP contribution in [0.2, 0.25) is 0 Å². The van der Waals surface area contributed by atoms with Crippen molar-refractivity contribution in [2.75, 3.05) is 12.4 Å². The van der Waals surface area contributed by atoms with Crippen molar-refractivity contribution < 1.29 is 27.2 Å². The standard InChI is InChI=1S/C13H12F3N3O3/c1-21-9-5-3-2-4-8(9)17-11(20)7-6-10-18-12(22-19-10)13(14,15)16/h2-5H,6-7H2,1H3,(H,17,20). The number of methoxy groups -OCH3 is 1. The van der Waals surface area contributed by atoms with Crippen LogP contribution in [0.5, 0.6) is 5.75 Å². The summed E-state index contributed by atoms with van der Waals surface area (Å²) in [5, 5.41) is 5.78. The lowest BCUT2D eigenvalue weighted by Crippen LogP contribution is -2.13. The second-order valence-corrected chi connectivity index (χ2v) is 4.26. The number of benzene rings is 1.